The van der Waals surface area contributed by atoms with E-state index in [9.17, 15) is 0 Å². The van der Waals surface area contributed by atoms with E-state index in [1.165, 1.54) is 24.0 Å². The van der Waals surface area contributed by atoms with Crippen LogP contribution in [0.3, 0.4) is 0 Å². The first-order valence-corrected chi connectivity index (χ1v) is 8.68. The molecule has 1 unspecified atom stereocenters. The highest BCUT2D eigenvalue weighted by Gasteiger charge is 2.33. The molecule has 22 heavy (non-hydrogen) atoms. The molecule has 2 nitrogen and oxygen atoms in total. The maximum absolute atomic E-state index is 4.86. The van der Waals surface area contributed by atoms with E-state index in [4.69, 9.17) is 4.84 Å². The Bertz CT molecular complexity index is 475. The number of rotatable bonds is 2. The summed E-state index contributed by atoms with van der Waals surface area (Å²) < 4.78 is 0. The van der Waals surface area contributed by atoms with Gasteiger partial charge in [-0.3, -0.25) is 0 Å². The van der Waals surface area contributed by atoms with Crippen molar-refractivity contribution in [1.29, 1.82) is 0 Å². The topological polar surface area (TPSA) is 21.6 Å². The molecule has 0 aromatic heterocycles. The Hall–Kier alpha value is -1.31. The van der Waals surface area contributed by atoms with Gasteiger partial charge in [0.2, 0.25) is 0 Å². The molecular weight excluding hydrogens is 270 g/mol. The summed E-state index contributed by atoms with van der Waals surface area (Å²) in [7, 11) is 1.59. The predicted molar refractivity (Wildman–Crippen MR) is 98.9 cm³/mol. The maximum atomic E-state index is 4.86. The number of aryl methyl sites for hydroxylation is 1. The normalized spacial score (nSPS) is 19.0. The lowest BCUT2D eigenvalue weighted by Crippen LogP contribution is -2.32. The SMILES string of the molecule is CC.CC.CO/N=C(/C)c1ccc2c(c1)C(C)(C)C(C)CC2. The van der Waals surface area contributed by atoms with Gasteiger partial charge in [-0.05, 0) is 53.9 Å². The highest BCUT2D eigenvalue weighted by Crippen LogP contribution is 2.41. The predicted octanol–water partition coefficient (Wildman–Crippen LogP) is 5.97. The van der Waals surface area contributed by atoms with Crippen molar-refractivity contribution in [2.24, 2.45) is 11.1 Å². The zero-order valence-corrected chi connectivity index (χ0v) is 16.1. The van der Waals surface area contributed by atoms with E-state index in [-0.39, 0.29) is 5.41 Å². The standard InChI is InChI=1S/C16H23NO.2C2H6/c1-11-6-7-13-8-9-14(12(2)17-18-5)10-15(13)16(11,3)4;2*1-2/h8-11H,6-7H2,1-5H3;2*1-2H3/b17-12-;;. The molecular formula is C20H35NO. The van der Waals surface area contributed by atoms with Crippen LogP contribution in [0, 0.1) is 5.92 Å². The maximum Gasteiger partial charge on any atom is 0.106 e. The number of hydrogen-bond donors (Lipinski definition) is 0. The third-order valence-electron chi connectivity index (χ3n) is 4.53. The van der Waals surface area contributed by atoms with Crippen LogP contribution in [0.4, 0.5) is 0 Å². The van der Waals surface area contributed by atoms with Gasteiger partial charge in [-0.2, -0.15) is 0 Å². The molecule has 0 bridgehead atoms. The summed E-state index contributed by atoms with van der Waals surface area (Å²) in [5, 5.41) is 4.03. The summed E-state index contributed by atoms with van der Waals surface area (Å²) in [6.07, 6.45) is 2.48. The van der Waals surface area contributed by atoms with Gasteiger partial charge in [-0.1, -0.05) is 65.8 Å². The Kier molecular flexibility index (Phi) is 9.08. The molecule has 0 aliphatic heterocycles. The first-order valence-electron chi connectivity index (χ1n) is 8.68. The third kappa shape index (κ3) is 4.59. The van der Waals surface area contributed by atoms with Crippen molar-refractivity contribution in [3.8, 4) is 0 Å². The van der Waals surface area contributed by atoms with Gasteiger partial charge in [0, 0.05) is 0 Å². The third-order valence-corrected chi connectivity index (χ3v) is 4.53. The number of fused-ring (bicyclic) bond motifs is 1. The molecule has 1 aliphatic rings. The van der Waals surface area contributed by atoms with E-state index in [0.29, 0.717) is 0 Å². The Morgan fingerprint density at radius 3 is 2.32 bits per heavy atom. The molecule has 2 heteroatoms. The van der Waals surface area contributed by atoms with Crippen molar-refractivity contribution in [3.63, 3.8) is 0 Å². The second-order valence-electron chi connectivity index (χ2n) is 5.89. The van der Waals surface area contributed by atoms with Crippen molar-refractivity contribution in [2.75, 3.05) is 7.11 Å². The second kappa shape index (κ2) is 9.66. The Morgan fingerprint density at radius 1 is 1.18 bits per heavy atom. The van der Waals surface area contributed by atoms with Gasteiger partial charge in [0.15, 0.2) is 0 Å². The molecule has 1 atom stereocenters. The summed E-state index contributed by atoms with van der Waals surface area (Å²) in [4.78, 5) is 4.86. The number of nitrogens with zero attached hydrogens (tertiary/aromatic N) is 1. The van der Waals surface area contributed by atoms with Crippen molar-refractivity contribution in [1.82, 2.24) is 0 Å². The summed E-state index contributed by atoms with van der Waals surface area (Å²) in [6.45, 7) is 17.0. The molecule has 0 N–H and O–H groups in total. The van der Waals surface area contributed by atoms with Gasteiger partial charge >= 0.3 is 0 Å². The highest BCUT2D eigenvalue weighted by atomic mass is 16.6. The molecule has 1 aromatic rings. The molecule has 126 valence electrons. The number of hydrogen-bond acceptors (Lipinski definition) is 2. The van der Waals surface area contributed by atoms with E-state index in [2.05, 4.69) is 44.1 Å². The summed E-state index contributed by atoms with van der Waals surface area (Å²) >= 11 is 0. The highest BCUT2D eigenvalue weighted by molar-refractivity contribution is 5.98. The fraction of sp³-hybridized carbons (Fsp3) is 0.650. The Labute approximate surface area is 138 Å². The van der Waals surface area contributed by atoms with E-state index < -0.39 is 0 Å². The van der Waals surface area contributed by atoms with Crippen molar-refractivity contribution in [2.45, 2.75) is 73.6 Å². The Morgan fingerprint density at radius 2 is 1.77 bits per heavy atom. The monoisotopic (exact) mass is 305 g/mol. The molecule has 2 rings (SSSR count). The van der Waals surface area contributed by atoms with E-state index in [1.54, 1.807) is 7.11 Å². The lowest BCUT2D eigenvalue weighted by molar-refractivity contribution is 0.213. The smallest absolute Gasteiger partial charge is 0.106 e. The van der Waals surface area contributed by atoms with Gasteiger partial charge in [-0.15, -0.1) is 0 Å². The van der Waals surface area contributed by atoms with Crippen molar-refractivity contribution < 1.29 is 4.84 Å². The van der Waals surface area contributed by atoms with Crippen LogP contribution in [-0.2, 0) is 16.7 Å². The van der Waals surface area contributed by atoms with Crippen LogP contribution in [0.5, 0.6) is 0 Å². The molecule has 0 saturated heterocycles. The van der Waals surface area contributed by atoms with Crippen LogP contribution in [0.2, 0.25) is 0 Å². The molecule has 1 aliphatic carbocycles. The molecule has 1 aromatic carbocycles. The fourth-order valence-electron chi connectivity index (χ4n) is 2.81. The summed E-state index contributed by atoms with van der Waals surface area (Å²) in [6, 6.07) is 6.71. The van der Waals surface area contributed by atoms with Gasteiger partial charge in [0.1, 0.15) is 7.11 Å². The molecule has 0 spiro atoms. The van der Waals surface area contributed by atoms with Crippen LogP contribution < -0.4 is 0 Å². The van der Waals surface area contributed by atoms with E-state index in [0.717, 1.165) is 17.2 Å². The van der Waals surface area contributed by atoms with E-state index >= 15 is 0 Å². The average Bonchev–Trinajstić information content (AvgIpc) is 2.55. The van der Waals surface area contributed by atoms with Gasteiger partial charge < -0.3 is 4.84 Å². The average molecular weight is 306 g/mol. The second-order valence-corrected chi connectivity index (χ2v) is 5.89. The minimum Gasteiger partial charge on any atom is -0.399 e. The summed E-state index contributed by atoms with van der Waals surface area (Å²) in [5.74, 6) is 0.722. The first-order chi connectivity index (χ1) is 10.5. The van der Waals surface area contributed by atoms with Gasteiger partial charge in [-0.25, -0.2) is 0 Å². The molecule has 0 fully saturated rings. The molecule has 0 amide bonds. The number of oxime groups is 1. The van der Waals surface area contributed by atoms with E-state index in [1.807, 2.05) is 34.6 Å². The summed E-state index contributed by atoms with van der Waals surface area (Å²) in [5.41, 5.74) is 5.32. The fourth-order valence-corrected chi connectivity index (χ4v) is 2.81. The van der Waals surface area contributed by atoms with Crippen molar-refractivity contribution in [3.05, 3.63) is 34.9 Å². The minimum absolute atomic E-state index is 0.247. The van der Waals surface area contributed by atoms with Crippen LogP contribution in [0.1, 0.15) is 78.5 Å². The Balaban J connectivity index is 0.00000102. The lowest BCUT2D eigenvalue weighted by atomic mass is 9.66. The number of benzene rings is 1. The van der Waals surface area contributed by atoms with Crippen molar-refractivity contribution >= 4 is 5.71 Å². The van der Waals surface area contributed by atoms with Crippen LogP contribution >= 0.6 is 0 Å². The quantitative estimate of drug-likeness (QED) is 0.487. The minimum atomic E-state index is 0.247. The largest absolute Gasteiger partial charge is 0.399 e. The van der Waals surface area contributed by atoms with Gasteiger partial charge in [0.25, 0.3) is 0 Å². The molecule has 0 radical (unpaired) electrons. The molecule has 0 heterocycles. The van der Waals surface area contributed by atoms with Crippen LogP contribution in [-0.4, -0.2) is 12.8 Å². The zero-order chi connectivity index (χ0) is 17.3. The first kappa shape index (κ1) is 20.7. The molecule has 0 saturated carbocycles. The zero-order valence-electron chi connectivity index (χ0n) is 16.1. The van der Waals surface area contributed by atoms with Crippen LogP contribution in [0.25, 0.3) is 0 Å². The van der Waals surface area contributed by atoms with Crippen LogP contribution in [0.15, 0.2) is 23.4 Å². The van der Waals surface area contributed by atoms with Gasteiger partial charge in [0.05, 0.1) is 5.71 Å². The lowest BCUT2D eigenvalue weighted by Gasteiger charge is -2.39.